The van der Waals surface area contributed by atoms with Gasteiger partial charge in [0.2, 0.25) is 5.95 Å². The molecule has 0 bridgehead atoms. The van der Waals surface area contributed by atoms with Gasteiger partial charge in [-0.1, -0.05) is 12.1 Å². The van der Waals surface area contributed by atoms with Crippen LogP contribution in [0.15, 0.2) is 18.2 Å². The van der Waals surface area contributed by atoms with Crippen molar-refractivity contribution in [2.24, 2.45) is 0 Å². The summed E-state index contributed by atoms with van der Waals surface area (Å²) in [7, 11) is 0. The van der Waals surface area contributed by atoms with Crippen LogP contribution in [0.25, 0.3) is 11.4 Å². The van der Waals surface area contributed by atoms with Gasteiger partial charge in [-0.15, -0.1) is 0 Å². The van der Waals surface area contributed by atoms with Crippen LogP contribution in [0.3, 0.4) is 0 Å². The Morgan fingerprint density at radius 1 is 1.25 bits per heavy atom. The third-order valence-corrected chi connectivity index (χ3v) is 2.93. The van der Waals surface area contributed by atoms with Gasteiger partial charge in [-0.05, 0) is 25.5 Å². The highest BCUT2D eigenvalue weighted by molar-refractivity contribution is 5.68. The monoisotopic (exact) mass is 272 g/mol. The second-order valence-corrected chi connectivity index (χ2v) is 4.86. The summed E-state index contributed by atoms with van der Waals surface area (Å²) in [6, 6.07) is 6.16. The van der Waals surface area contributed by atoms with E-state index in [2.05, 4.69) is 15.0 Å². The largest absolute Gasteiger partial charge is 0.492 e. The summed E-state index contributed by atoms with van der Waals surface area (Å²) in [6.45, 7) is 4.49. The lowest BCUT2D eigenvalue weighted by Crippen LogP contribution is -2.11. The van der Waals surface area contributed by atoms with E-state index in [1.54, 1.807) is 0 Å². The van der Waals surface area contributed by atoms with Gasteiger partial charge in [0, 0.05) is 6.42 Å². The molecule has 0 saturated carbocycles. The lowest BCUT2D eigenvalue weighted by molar-refractivity contribution is 0.222. The van der Waals surface area contributed by atoms with E-state index in [0.717, 1.165) is 23.3 Å². The normalized spacial score (nSPS) is 13.2. The second kappa shape index (κ2) is 4.96. The van der Waals surface area contributed by atoms with E-state index in [0.29, 0.717) is 12.4 Å². The zero-order valence-electron chi connectivity index (χ0n) is 11.5. The predicted octanol–water partition coefficient (Wildman–Crippen LogP) is 1.84. The van der Waals surface area contributed by atoms with Crippen LogP contribution in [-0.2, 0) is 6.42 Å². The van der Waals surface area contributed by atoms with Crippen molar-refractivity contribution in [3.63, 3.8) is 0 Å². The molecule has 104 valence electrons. The Hall–Kier alpha value is -2.37. The molecule has 6 heteroatoms. The van der Waals surface area contributed by atoms with Crippen LogP contribution >= 0.6 is 0 Å². The van der Waals surface area contributed by atoms with E-state index in [1.807, 2.05) is 32.0 Å². The minimum Gasteiger partial charge on any atom is -0.492 e. The number of aromatic nitrogens is 3. The Bertz CT molecular complexity index is 643. The maximum atomic E-state index is 5.73. The third-order valence-electron chi connectivity index (χ3n) is 2.93. The molecule has 1 aliphatic rings. The molecule has 0 aliphatic carbocycles. The quantitative estimate of drug-likeness (QED) is 0.918. The molecule has 1 aliphatic heterocycles. The van der Waals surface area contributed by atoms with Gasteiger partial charge in [0.15, 0.2) is 5.82 Å². The Kier molecular flexibility index (Phi) is 3.14. The molecule has 0 atom stereocenters. The highest BCUT2D eigenvalue weighted by atomic mass is 16.5. The number of ether oxygens (including phenoxy) is 2. The lowest BCUT2D eigenvalue weighted by Gasteiger charge is -2.10. The number of hydrogen-bond donors (Lipinski definition) is 1. The number of benzene rings is 1. The number of hydrogen-bond acceptors (Lipinski definition) is 6. The molecule has 0 spiro atoms. The molecule has 0 fully saturated rings. The molecular weight excluding hydrogens is 256 g/mol. The summed E-state index contributed by atoms with van der Waals surface area (Å²) >= 11 is 0. The van der Waals surface area contributed by atoms with Gasteiger partial charge in [0.05, 0.1) is 18.3 Å². The van der Waals surface area contributed by atoms with Crippen LogP contribution < -0.4 is 15.2 Å². The number of rotatable bonds is 3. The van der Waals surface area contributed by atoms with Crippen LogP contribution in [0.1, 0.15) is 19.4 Å². The minimum absolute atomic E-state index is 0.0256. The summed E-state index contributed by atoms with van der Waals surface area (Å²) in [5.74, 6) is 1.45. The first kappa shape index (κ1) is 12.7. The topological polar surface area (TPSA) is 83.2 Å². The van der Waals surface area contributed by atoms with E-state index < -0.39 is 0 Å². The van der Waals surface area contributed by atoms with Gasteiger partial charge in [-0.3, -0.25) is 0 Å². The zero-order chi connectivity index (χ0) is 14.1. The molecule has 6 nitrogen and oxygen atoms in total. The second-order valence-electron chi connectivity index (χ2n) is 4.86. The zero-order valence-corrected chi connectivity index (χ0v) is 11.5. The summed E-state index contributed by atoms with van der Waals surface area (Å²) in [4.78, 5) is 12.5. The van der Waals surface area contributed by atoms with Gasteiger partial charge < -0.3 is 15.2 Å². The molecular formula is C14H16N4O2. The number of anilines is 1. The van der Waals surface area contributed by atoms with E-state index in [1.165, 1.54) is 0 Å². The first-order valence-corrected chi connectivity index (χ1v) is 6.57. The van der Waals surface area contributed by atoms with Crippen LogP contribution in [-0.4, -0.2) is 27.7 Å². The maximum absolute atomic E-state index is 5.73. The van der Waals surface area contributed by atoms with Crippen molar-refractivity contribution < 1.29 is 9.47 Å². The molecule has 0 unspecified atom stereocenters. The molecule has 2 heterocycles. The number of para-hydroxylation sites is 1. The van der Waals surface area contributed by atoms with Gasteiger partial charge in [-0.25, -0.2) is 0 Å². The standard InChI is InChI=1S/C14H16N4O2/c1-8(2)20-14-17-12(16-13(15)18-14)10-5-3-4-9-6-7-19-11(9)10/h3-5,8H,6-7H2,1-2H3,(H2,15,16,17,18). The molecule has 20 heavy (non-hydrogen) atoms. The van der Waals surface area contributed by atoms with Gasteiger partial charge >= 0.3 is 6.01 Å². The van der Waals surface area contributed by atoms with Crippen LogP contribution in [0.2, 0.25) is 0 Å². The fourth-order valence-electron chi connectivity index (χ4n) is 2.15. The first-order valence-electron chi connectivity index (χ1n) is 6.57. The summed E-state index contributed by atoms with van der Waals surface area (Å²) in [5, 5.41) is 0. The number of fused-ring (bicyclic) bond motifs is 1. The summed E-state index contributed by atoms with van der Waals surface area (Å²) in [6.07, 6.45) is 0.876. The molecule has 0 amide bonds. The Morgan fingerprint density at radius 3 is 2.90 bits per heavy atom. The minimum atomic E-state index is -0.0256. The van der Waals surface area contributed by atoms with Crippen molar-refractivity contribution in [3.05, 3.63) is 23.8 Å². The van der Waals surface area contributed by atoms with Crippen molar-refractivity contribution in [2.75, 3.05) is 12.3 Å². The number of nitrogens with two attached hydrogens (primary N) is 1. The van der Waals surface area contributed by atoms with E-state index in [9.17, 15) is 0 Å². The van der Waals surface area contributed by atoms with E-state index in [4.69, 9.17) is 15.2 Å². The summed E-state index contributed by atoms with van der Waals surface area (Å²) < 4.78 is 11.2. The van der Waals surface area contributed by atoms with E-state index in [-0.39, 0.29) is 18.1 Å². The van der Waals surface area contributed by atoms with Crippen LogP contribution in [0.4, 0.5) is 5.95 Å². The van der Waals surface area contributed by atoms with E-state index >= 15 is 0 Å². The fourth-order valence-corrected chi connectivity index (χ4v) is 2.15. The molecule has 2 aromatic rings. The number of nitrogen functional groups attached to an aromatic ring is 1. The van der Waals surface area contributed by atoms with Crippen LogP contribution in [0, 0.1) is 0 Å². The first-order chi connectivity index (χ1) is 9.63. The van der Waals surface area contributed by atoms with Crippen molar-refractivity contribution in [1.29, 1.82) is 0 Å². The summed E-state index contributed by atoms with van der Waals surface area (Å²) in [5.41, 5.74) is 7.72. The van der Waals surface area contributed by atoms with Crippen LogP contribution in [0.5, 0.6) is 11.8 Å². The Balaban J connectivity index is 2.06. The SMILES string of the molecule is CC(C)Oc1nc(N)nc(-c2cccc3c2OCC3)n1. The van der Waals surface area contributed by atoms with Crippen molar-refractivity contribution in [1.82, 2.24) is 15.0 Å². The molecule has 0 saturated heterocycles. The maximum Gasteiger partial charge on any atom is 0.322 e. The highest BCUT2D eigenvalue weighted by Gasteiger charge is 2.20. The van der Waals surface area contributed by atoms with Crippen molar-refractivity contribution in [2.45, 2.75) is 26.4 Å². The average Bonchev–Trinajstić information content (AvgIpc) is 2.84. The smallest absolute Gasteiger partial charge is 0.322 e. The fraction of sp³-hybridized carbons (Fsp3) is 0.357. The molecule has 2 N–H and O–H groups in total. The molecule has 0 radical (unpaired) electrons. The van der Waals surface area contributed by atoms with Gasteiger partial charge in [0.25, 0.3) is 0 Å². The van der Waals surface area contributed by atoms with Gasteiger partial charge in [0.1, 0.15) is 5.75 Å². The predicted molar refractivity (Wildman–Crippen MR) is 74.6 cm³/mol. The Labute approximate surface area is 117 Å². The number of nitrogens with zero attached hydrogens (tertiary/aromatic N) is 3. The van der Waals surface area contributed by atoms with Crippen molar-refractivity contribution >= 4 is 5.95 Å². The highest BCUT2D eigenvalue weighted by Crippen LogP contribution is 2.35. The molecule has 1 aromatic heterocycles. The third kappa shape index (κ3) is 2.36. The molecule has 3 rings (SSSR count). The van der Waals surface area contributed by atoms with Crippen molar-refractivity contribution in [3.8, 4) is 23.1 Å². The Morgan fingerprint density at radius 2 is 2.10 bits per heavy atom. The average molecular weight is 272 g/mol. The lowest BCUT2D eigenvalue weighted by atomic mass is 10.1. The van der Waals surface area contributed by atoms with Gasteiger partial charge in [-0.2, -0.15) is 15.0 Å². The molecule has 1 aromatic carbocycles.